The molecule has 0 aliphatic carbocycles. The van der Waals surface area contributed by atoms with E-state index < -0.39 is 31.1 Å². The molecule has 1 fully saturated rings. The van der Waals surface area contributed by atoms with E-state index in [0.29, 0.717) is 24.1 Å². The summed E-state index contributed by atoms with van der Waals surface area (Å²) in [7, 11) is 0. The fraction of sp³-hybridized carbons (Fsp3) is 0.400. The molecule has 1 aliphatic rings. The second-order valence-corrected chi connectivity index (χ2v) is 6.93. The smallest absolute Gasteiger partial charge is 0.224 e. The summed E-state index contributed by atoms with van der Waals surface area (Å²) < 4.78 is 6.85. The Kier molecular flexibility index (Phi) is 7.47. The number of likely N-dealkylation sites (N-methyl/N-ethyl adjacent to an activating group) is 1. The van der Waals surface area contributed by atoms with Gasteiger partial charge >= 0.3 is 0 Å². The molecular formula is C20H26N6O5. The summed E-state index contributed by atoms with van der Waals surface area (Å²) in [5.74, 6) is 0.305. The number of anilines is 1. The van der Waals surface area contributed by atoms with Gasteiger partial charge in [-0.3, -0.25) is 9.36 Å². The first-order valence-electron chi connectivity index (χ1n) is 9.82. The van der Waals surface area contributed by atoms with Crippen molar-refractivity contribution in [2.24, 2.45) is 0 Å². The average Bonchev–Trinajstić information content (AvgIpc) is 3.31. The number of benzene rings is 1. The minimum atomic E-state index is -1.19. The van der Waals surface area contributed by atoms with Crippen LogP contribution in [-0.4, -0.2) is 72.2 Å². The maximum atomic E-state index is 11.1. The maximum Gasteiger partial charge on any atom is 0.224 e. The van der Waals surface area contributed by atoms with Gasteiger partial charge in [0.1, 0.15) is 30.2 Å². The maximum absolute atomic E-state index is 11.1. The number of fused-ring (bicyclic) bond motifs is 1. The number of hydrogen-bond donors (Lipinski definition) is 5. The Morgan fingerprint density at radius 3 is 2.58 bits per heavy atom. The van der Waals surface area contributed by atoms with Crippen LogP contribution in [0.3, 0.4) is 0 Å². The van der Waals surface area contributed by atoms with Crippen LogP contribution in [-0.2, 0) is 16.0 Å². The minimum Gasteiger partial charge on any atom is -0.394 e. The fourth-order valence-electron chi connectivity index (χ4n) is 3.21. The van der Waals surface area contributed by atoms with Gasteiger partial charge in [0.15, 0.2) is 17.7 Å². The molecule has 0 saturated carbocycles. The van der Waals surface area contributed by atoms with Gasteiger partial charge < -0.3 is 31.1 Å². The molecule has 31 heavy (non-hydrogen) atoms. The van der Waals surface area contributed by atoms with E-state index in [1.807, 2.05) is 37.3 Å². The Hall–Kier alpha value is -3.12. The molecule has 11 nitrogen and oxygen atoms in total. The molecule has 166 valence electrons. The number of nitrogens with two attached hydrogens (primary N) is 1. The molecule has 0 radical (unpaired) electrons. The minimum absolute atomic E-state index is 0.0868. The van der Waals surface area contributed by atoms with E-state index in [4.69, 9.17) is 15.6 Å². The van der Waals surface area contributed by atoms with Crippen molar-refractivity contribution in [3.8, 4) is 0 Å². The number of rotatable bonds is 5. The van der Waals surface area contributed by atoms with Crippen molar-refractivity contribution in [2.75, 3.05) is 18.9 Å². The van der Waals surface area contributed by atoms with Gasteiger partial charge in [-0.1, -0.05) is 30.3 Å². The summed E-state index contributed by atoms with van der Waals surface area (Å²) in [6.45, 7) is 2.23. The summed E-state index contributed by atoms with van der Waals surface area (Å²) in [5, 5.41) is 31.5. The predicted molar refractivity (Wildman–Crippen MR) is 112 cm³/mol. The third kappa shape index (κ3) is 5.14. The van der Waals surface area contributed by atoms with Gasteiger partial charge in [-0.2, -0.15) is 0 Å². The highest BCUT2D eigenvalue weighted by Crippen LogP contribution is 2.31. The van der Waals surface area contributed by atoms with Gasteiger partial charge in [-0.05, 0) is 12.5 Å². The third-order valence-corrected chi connectivity index (χ3v) is 4.76. The molecule has 1 aromatic carbocycles. The molecule has 11 heteroatoms. The number of imidazole rings is 1. The molecule has 4 atom stereocenters. The third-order valence-electron chi connectivity index (χ3n) is 4.76. The highest BCUT2D eigenvalue weighted by molar-refractivity contribution is 5.81. The molecule has 3 heterocycles. The number of nitrogens with zero attached hydrogens (tertiary/aromatic N) is 4. The Morgan fingerprint density at radius 2 is 1.94 bits per heavy atom. The van der Waals surface area contributed by atoms with Gasteiger partial charge in [0, 0.05) is 6.54 Å². The van der Waals surface area contributed by atoms with E-state index in [0.717, 1.165) is 5.56 Å². The van der Waals surface area contributed by atoms with Crippen molar-refractivity contribution < 1.29 is 24.9 Å². The molecule has 1 saturated heterocycles. The topological polar surface area (TPSA) is 169 Å². The zero-order valence-corrected chi connectivity index (χ0v) is 17.0. The van der Waals surface area contributed by atoms with Crippen molar-refractivity contribution in [1.29, 1.82) is 0 Å². The lowest BCUT2D eigenvalue weighted by Gasteiger charge is -2.16. The Labute approximate surface area is 178 Å². The first-order valence-corrected chi connectivity index (χ1v) is 9.82. The molecule has 0 bridgehead atoms. The first-order chi connectivity index (χ1) is 15.0. The van der Waals surface area contributed by atoms with Crippen molar-refractivity contribution in [1.82, 2.24) is 24.8 Å². The van der Waals surface area contributed by atoms with Crippen molar-refractivity contribution >= 4 is 22.9 Å². The van der Waals surface area contributed by atoms with Crippen LogP contribution in [0, 0.1) is 0 Å². The van der Waals surface area contributed by atoms with E-state index in [1.165, 1.54) is 17.2 Å². The average molecular weight is 430 g/mol. The standard InChI is InChI=1S/C10H13N5O4.C10H13NO/c11-8-5-9(13-2-12-8)15(3-14-5)10-7(18)6(17)4(1-16)19-10;1-2-11-10(12)8-9-6-4-3-5-7-9/h2-4,6-7,10,16-18H,1H2,(H2,11,12,13);3-7H,2,8H2,1H3,(H,11,12)/t4-,6-,7-,10-;/m1./s1. The highest BCUT2D eigenvalue weighted by Gasteiger charge is 2.43. The van der Waals surface area contributed by atoms with E-state index in [-0.39, 0.29) is 11.7 Å². The van der Waals surface area contributed by atoms with Crippen LogP contribution in [0.5, 0.6) is 0 Å². The van der Waals surface area contributed by atoms with Gasteiger partial charge in [-0.25, -0.2) is 15.0 Å². The SMILES string of the molecule is CCNC(=O)Cc1ccccc1.Nc1ncnc2c1ncn2[C@@H]1O[C@H](CO)[C@@H](O)[C@H]1O. The molecule has 1 amide bonds. The number of aromatic nitrogens is 4. The van der Waals surface area contributed by atoms with E-state index in [9.17, 15) is 15.0 Å². The number of nitrogen functional groups attached to an aromatic ring is 1. The van der Waals surface area contributed by atoms with Crippen LogP contribution in [0.1, 0.15) is 18.7 Å². The van der Waals surface area contributed by atoms with Crippen molar-refractivity contribution in [3.63, 3.8) is 0 Å². The number of aliphatic hydroxyl groups excluding tert-OH is 3. The van der Waals surface area contributed by atoms with E-state index in [2.05, 4.69) is 20.3 Å². The van der Waals surface area contributed by atoms with Gasteiger partial charge in [0.05, 0.1) is 19.4 Å². The lowest BCUT2D eigenvalue weighted by atomic mass is 10.1. The van der Waals surface area contributed by atoms with Crippen LogP contribution in [0.4, 0.5) is 5.82 Å². The second-order valence-electron chi connectivity index (χ2n) is 6.93. The number of hydrogen-bond acceptors (Lipinski definition) is 9. The van der Waals surface area contributed by atoms with Crippen LogP contribution < -0.4 is 11.1 Å². The van der Waals surface area contributed by atoms with Crippen LogP contribution in [0.2, 0.25) is 0 Å². The number of nitrogens with one attached hydrogen (secondary N) is 1. The predicted octanol–water partition coefficient (Wildman–Crippen LogP) is -0.615. The zero-order valence-electron chi connectivity index (χ0n) is 17.0. The number of carbonyl (C=O) groups excluding carboxylic acids is 1. The van der Waals surface area contributed by atoms with Gasteiger partial charge in [0.2, 0.25) is 5.91 Å². The molecular weight excluding hydrogens is 404 g/mol. The Bertz CT molecular complexity index is 998. The zero-order chi connectivity index (χ0) is 22.4. The molecule has 0 unspecified atom stereocenters. The van der Waals surface area contributed by atoms with Crippen LogP contribution in [0.25, 0.3) is 11.2 Å². The lowest BCUT2D eigenvalue weighted by Crippen LogP contribution is -2.33. The summed E-state index contributed by atoms with van der Waals surface area (Å²) in [6, 6.07) is 9.73. The van der Waals surface area contributed by atoms with Gasteiger partial charge in [0.25, 0.3) is 0 Å². The molecule has 6 N–H and O–H groups in total. The molecule has 2 aromatic heterocycles. The summed E-state index contributed by atoms with van der Waals surface area (Å²) in [6.07, 6.45) is -0.942. The summed E-state index contributed by atoms with van der Waals surface area (Å²) in [4.78, 5) is 23.0. The van der Waals surface area contributed by atoms with Crippen molar-refractivity contribution in [3.05, 3.63) is 48.5 Å². The van der Waals surface area contributed by atoms with Crippen LogP contribution in [0.15, 0.2) is 43.0 Å². The van der Waals surface area contributed by atoms with Gasteiger partial charge in [-0.15, -0.1) is 0 Å². The Morgan fingerprint density at radius 1 is 1.19 bits per heavy atom. The lowest BCUT2D eigenvalue weighted by molar-refractivity contribution is -0.120. The quantitative estimate of drug-likeness (QED) is 0.354. The van der Waals surface area contributed by atoms with E-state index in [1.54, 1.807) is 0 Å². The molecule has 1 aliphatic heterocycles. The second kappa shape index (κ2) is 10.3. The molecule has 0 spiro atoms. The molecule has 3 aromatic rings. The number of amides is 1. The monoisotopic (exact) mass is 430 g/mol. The Balaban J connectivity index is 0.000000196. The highest BCUT2D eigenvalue weighted by atomic mass is 16.6. The largest absolute Gasteiger partial charge is 0.394 e. The fourth-order valence-corrected chi connectivity index (χ4v) is 3.21. The molecule has 4 rings (SSSR count). The first kappa shape index (κ1) is 22.6. The number of aliphatic hydroxyl groups is 3. The normalized spacial score (nSPS) is 22.7. The van der Waals surface area contributed by atoms with E-state index >= 15 is 0 Å². The number of carbonyl (C=O) groups is 1. The number of ether oxygens (including phenoxy) is 1. The summed E-state index contributed by atoms with van der Waals surface area (Å²) >= 11 is 0. The van der Waals surface area contributed by atoms with Crippen LogP contribution >= 0.6 is 0 Å². The van der Waals surface area contributed by atoms with Crippen molar-refractivity contribution in [2.45, 2.75) is 37.9 Å². The summed E-state index contributed by atoms with van der Waals surface area (Å²) in [5.41, 5.74) is 7.50.